The number of hydrogen-bond donors (Lipinski definition) is 1. The molecule has 1 heterocycles. The van der Waals surface area contributed by atoms with E-state index in [9.17, 15) is 9.59 Å². The van der Waals surface area contributed by atoms with Gasteiger partial charge in [0, 0.05) is 0 Å². The van der Waals surface area contributed by atoms with E-state index >= 15 is 0 Å². The number of benzene rings is 1. The number of halogens is 1. The molecule has 0 spiro atoms. The lowest BCUT2D eigenvalue weighted by atomic mass is 10.1. The van der Waals surface area contributed by atoms with Crippen LogP contribution < -0.4 is 10.1 Å². The minimum Gasteiger partial charge on any atom is -0.496 e. The fourth-order valence-corrected chi connectivity index (χ4v) is 2.77. The van der Waals surface area contributed by atoms with E-state index in [4.69, 9.17) is 4.74 Å². The average Bonchev–Trinajstić information content (AvgIpc) is 2.44. The third kappa shape index (κ3) is 3.02. The zero-order valence-electron chi connectivity index (χ0n) is 11.5. The molecule has 1 aromatic carbocycles. The summed E-state index contributed by atoms with van der Waals surface area (Å²) in [7, 11) is 1.59. The molecule has 6 heteroatoms. The molecule has 0 aromatic heterocycles. The van der Waals surface area contributed by atoms with Gasteiger partial charge in [0.1, 0.15) is 5.75 Å². The Labute approximate surface area is 126 Å². The molecule has 1 fully saturated rings. The van der Waals surface area contributed by atoms with Crippen molar-refractivity contribution in [3.05, 3.63) is 28.2 Å². The second-order valence-corrected chi connectivity index (χ2v) is 5.48. The number of rotatable bonds is 4. The Morgan fingerprint density at radius 2 is 2.20 bits per heavy atom. The van der Waals surface area contributed by atoms with Gasteiger partial charge < -0.3 is 4.74 Å². The minimum absolute atomic E-state index is 0.157. The van der Waals surface area contributed by atoms with E-state index in [1.165, 1.54) is 4.90 Å². The van der Waals surface area contributed by atoms with Crippen LogP contribution in [0.2, 0.25) is 0 Å². The summed E-state index contributed by atoms with van der Waals surface area (Å²) in [5.41, 5.74) is 0.885. The lowest BCUT2D eigenvalue weighted by Gasteiger charge is -2.31. The molecular weight excluding hydrogens is 324 g/mol. The van der Waals surface area contributed by atoms with Gasteiger partial charge in [-0.1, -0.05) is 13.0 Å². The van der Waals surface area contributed by atoms with Gasteiger partial charge in [-0.2, -0.15) is 0 Å². The number of piperazine rings is 1. The first-order chi connectivity index (χ1) is 9.56. The fourth-order valence-electron chi connectivity index (χ4n) is 2.18. The molecule has 0 saturated carbocycles. The SMILES string of the molecule is CCC1NCC(=O)N(Cc2ccc(OC)c(Br)c2)C1=O. The first-order valence-corrected chi connectivity index (χ1v) is 7.26. The zero-order chi connectivity index (χ0) is 14.7. The quantitative estimate of drug-likeness (QED) is 0.847. The van der Waals surface area contributed by atoms with Gasteiger partial charge >= 0.3 is 0 Å². The summed E-state index contributed by atoms with van der Waals surface area (Å²) in [6.45, 7) is 2.42. The van der Waals surface area contributed by atoms with E-state index in [0.717, 1.165) is 15.8 Å². The number of carbonyl (C=O) groups excluding carboxylic acids is 2. The number of methoxy groups -OCH3 is 1. The monoisotopic (exact) mass is 340 g/mol. The van der Waals surface area contributed by atoms with Crippen LogP contribution in [0, 0.1) is 0 Å². The normalized spacial score (nSPS) is 19.4. The van der Waals surface area contributed by atoms with E-state index in [1.54, 1.807) is 7.11 Å². The van der Waals surface area contributed by atoms with Crippen molar-refractivity contribution in [2.45, 2.75) is 25.9 Å². The topological polar surface area (TPSA) is 58.6 Å². The average molecular weight is 341 g/mol. The van der Waals surface area contributed by atoms with Crippen LogP contribution in [0.5, 0.6) is 5.75 Å². The Kier molecular flexibility index (Phi) is 4.77. The van der Waals surface area contributed by atoms with Crippen molar-refractivity contribution in [3.63, 3.8) is 0 Å². The largest absolute Gasteiger partial charge is 0.496 e. The first-order valence-electron chi connectivity index (χ1n) is 6.46. The summed E-state index contributed by atoms with van der Waals surface area (Å²) in [5, 5.41) is 2.94. The van der Waals surface area contributed by atoms with Crippen LogP contribution in [-0.2, 0) is 16.1 Å². The predicted molar refractivity (Wildman–Crippen MR) is 78.3 cm³/mol. The molecule has 1 aliphatic rings. The molecule has 20 heavy (non-hydrogen) atoms. The highest BCUT2D eigenvalue weighted by molar-refractivity contribution is 9.10. The Balaban J connectivity index is 2.17. The van der Waals surface area contributed by atoms with E-state index in [0.29, 0.717) is 13.0 Å². The highest BCUT2D eigenvalue weighted by Crippen LogP contribution is 2.26. The molecule has 1 aromatic rings. The molecule has 1 atom stereocenters. The van der Waals surface area contributed by atoms with Gasteiger partial charge in [-0.25, -0.2) is 0 Å². The smallest absolute Gasteiger partial charge is 0.246 e. The molecular formula is C14H17BrN2O3. The Hall–Kier alpha value is -1.40. The van der Waals surface area contributed by atoms with E-state index < -0.39 is 0 Å². The van der Waals surface area contributed by atoms with E-state index in [1.807, 2.05) is 25.1 Å². The van der Waals surface area contributed by atoms with Crippen molar-refractivity contribution in [1.29, 1.82) is 0 Å². The molecule has 1 aliphatic heterocycles. The predicted octanol–water partition coefficient (Wildman–Crippen LogP) is 1.69. The van der Waals surface area contributed by atoms with Crippen molar-refractivity contribution < 1.29 is 14.3 Å². The van der Waals surface area contributed by atoms with Crippen LogP contribution in [0.3, 0.4) is 0 Å². The summed E-state index contributed by atoms with van der Waals surface area (Å²) in [6, 6.07) is 5.26. The maximum atomic E-state index is 12.2. The Morgan fingerprint density at radius 3 is 2.80 bits per heavy atom. The number of nitrogens with one attached hydrogen (secondary N) is 1. The third-order valence-electron chi connectivity index (χ3n) is 3.33. The molecule has 2 rings (SSSR count). The standard InChI is InChI=1S/C14H17BrN2O3/c1-3-11-14(19)17(13(18)7-16-11)8-9-4-5-12(20-2)10(15)6-9/h4-6,11,16H,3,7-8H2,1-2H3. The molecule has 1 unspecified atom stereocenters. The number of ether oxygens (including phenoxy) is 1. The fraction of sp³-hybridized carbons (Fsp3) is 0.429. The number of imide groups is 1. The van der Waals surface area contributed by atoms with Gasteiger partial charge in [0.25, 0.3) is 0 Å². The van der Waals surface area contributed by atoms with Gasteiger partial charge in [0.15, 0.2) is 0 Å². The molecule has 0 aliphatic carbocycles. The molecule has 2 amide bonds. The van der Waals surface area contributed by atoms with Crippen LogP contribution in [0.25, 0.3) is 0 Å². The van der Waals surface area contributed by atoms with Crippen molar-refractivity contribution in [2.24, 2.45) is 0 Å². The molecule has 0 bridgehead atoms. The van der Waals surface area contributed by atoms with Gasteiger partial charge in [0.2, 0.25) is 11.8 Å². The maximum Gasteiger partial charge on any atom is 0.246 e. The Bertz CT molecular complexity index is 533. The molecule has 1 saturated heterocycles. The summed E-state index contributed by atoms with van der Waals surface area (Å²) in [6.07, 6.45) is 0.676. The number of nitrogens with zero attached hydrogens (tertiary/aromatic N) is 1. The zero-order valence-corrected chi connectivity index (χ0v) is 13.1. The number of carbonyl (C=O) groups is 2. The summed E-state index contributed by atoms with van der Waals surface area (Å²) >= 11 is 3.40. The number of amides is 2. The first kappa shape index (κ1) is 15.0. The van der Waals surface area contributed by atoms with Crippen LogP contribution >= 0.6 is 15.9 Å². The molecule has 5 nitrogen and oxygen atoms in total. The maximum absolute atomic E-state index is 12.2. The number of hydrogen-bond acceptors (Lipinski definition) is 4. The van der Waals surface area contributed by atoms with Crippen LogP contribution in [0.15, 0.2) is 22.7 Å². The van der Waals surface area contributed by atoms with Gasteiger partial charge in [-0.3, -0.25) is 19.8 Å². The third-order valence-corrected chi connectivity index (χ3v) is 3.95. The van der Waals surface area contributed by atoms with Gasteiger partial charge in [-0.15, -0.1) is 0 Å². The van der Waals surface area contributed by atoms with Crippen LogP contribution in [-0.4, -0.2) is 36.4 Å². The van der Waals surface area contributed by atoms with Crippen LogP contribution in [0.4, 0.5) is 0 Å². The summed E-state index contributed by atoms with van der Waals surface area (Å²) < 4.78 is 5.97. The van der Waals surface area contributed by atoms with Gasteiger partial charge in [0.05, 0.1) is 30.7 Å². The van der Waals surface area contributed by atoms with Crippen molar-refractivity contribution in [1.82, 2.24) is 10.2 Å². The summed E-state index contributed by atoms with van der Waals surface area (Å²) in [4.78, 5) is 25.4. The minimum atomic E-state index is -0.269. The van der Waals surface area contributed by atoms with Gasteiger partial charge in [-0.05, 0) is 40.0 Å². The lowest BCUT2D eigenvalue weighted by molar-refractivity contribution is -0.150. The molecule has 1 N–H and O–H groups in total. The van der Waals surface area contributed by atoms with Crippen molar-refractivity contribution >= 4 is 27.7 Å². The van der Waals surface area contributed by atoms with Crippen LogP contribution in [0.1, 0.15) is 18.9 Å². The summed E-state index contributed by atoms with van der Waals surface area (Å²) in [5.74, 6) is 0.375. The van der Waals surface area contributed by atoms with Crippen molar-refractivity contribution in [2.75, 3.05) is 13.7 Å². The lowest BCUT2D eigenvalue weighted by Crippen LogP contribution is -2.57. The van der Waals surface area contributed by atoms with E-state index in [-0.39, 0.29) is 24.4 Å². The Morgan fingerprint density at radius 1 is 1.45 bits per heavy atom. The second-order valence-electron chi connectivity index (χ2n) is 4.63. The van der Waals surface area contributed by atoms with Crippen molar-refractivity contribution in [3.8, 4) is 5.75 Å². The highest BCUT2D eigenvalue weighted by atomic mass is 79.9. The highest BCUT2D eigenvalue weighted by Gasteiger charge is 2.32. The second kappa shape index (κ2) is 6.37. The molecule has 0 radical (unpaired) electrons. The van der Waals surface area contributed by atoms with E-state index in [2.05, 4.69) is 21.2 Å². The molecule has 108 valence electrons.